The fourth-order valence-electron chi connectivity index (χ4n) is 2.08. The van der Waals surface area contributed by atoms with Gasteiger partial charge in [0.25, 0.3) is 5.91 Å². The molecule has 0 aliphatic rings. The lowest BCUT2D eigenvalue weighted by atomic mass is 10.2. The van der Waals surface area contributed by atoms with Crippen LogP contribution in [0.5, 0.6) is 0 Å². The minimum atomic E-state index is -0.245. The number of carbonyl (C=O) groups is 2. The highest BCUT2D eigenvalue weighted by molar-refractivity contribution is 5.93. The van der Waals surface area contributed by atoms with Crippen LogP contribution in [0.1, 0.15) is 37.0 Å². The number of rotatable bonds is 5. The Morgan fingerprint density at radius 2 is 1.79 bits per heavy atom. The van der Waals surface area contributed by atoms with Gasteiger partial charge in [0, 0.05) is 30.0 Å². The van der Waals surface area contributed by atoms with E-state index in [-0.39, 0.29) is 17.9 Å². The maximum absolute atomic E-state index is 12.1. The Morgan fingerprint density at radius 1 is 1.08 bits per heavy atom. The normalized spacial score (nSPS) is 10.4. The molecule has 1 aromatic heterocycles. The van der Waals surface area contributed by atoms with E-state index in [1.807, 2.05) is 19.9 Å². The van der Waals surface area contributed by atoms with E-state index in [0.717, 1.165) is 0 Å². The molecule has 0 fully saturated rings. The van der Waals surface area contributed by atoms with Gasteiger partial charge in [-0.2, -0.15) is 0 Å². The molecular formula is C17H21N5O2. The molecule has 0 spiro atoms. The number of nitrogens with one attached hydrogen (secondary N) is 3. The van der Waals surface area contributed by atoms with E-state index in [9.17, 15) is 9.59 Å². The first-order chi connectivity index (χ1) is 11.3. The lowest BCUT2D eigenvalue weighted by Crippen LogP contribution is -2.31. The monoisotopic (exact) mass is 327 g/mol. The summed E-state index contributed by atoms with van der Waals surface area (Å²) in [5, 5.41) is 8.57. The maximum atomic E-state index is 12.1. The SMILES string of the molecule is CC(=O)Nc1cccc(Nc2nc(C)cc(C(=O)NC(C)C)n2)c1. The van der Waals surface area contributed by atoms with E-state index in [1.165, 1.54) is 6.92 Å². The number of nitrogens with zero attached hydrogens (tertiary/aromatic N) is 2. The largest absolute Gasteiger partial charge is 0.349 e. The van der Waals surface area contributed by atoms with Crippen LogP contribution in [0.4, 0.5) is 17.3 Å². The third-order valence-corrected chi connectivity index (χ3v) is 2.95. The first-order valence-electron chi connectivity index (χ1n) is 7.64. The number of amides is 2. The van der Waals surface area contributed by atoms with Crippen LogP contribution in [0.3, 0.4) is 0 Å². The quantitative estimate of drug-likeness (QED) is 0.784. The third-order valence-electron chi connectivity index (χ3n) is 2.95. The van der Waals surface area contributed by atoms with Gasteiger partial charge in [0.2, 0.25) is 11.9 Å². The van der Waals surface area contributed by atoms with Gasteiger partial charge in [-0.25, -0.2) is 9.97 Å². The molecular weight excluding hydrogens is 306 g/mol. The van der Waals surface area contributed by atoms with Crippen molar-refractivity contribution >= 4 is 29.1 Å². The molecule has 0 aliphatic carbocycles. The lowest BCUT2D eigenvalue weighted by molar-refractivity contribution is -0.114. The predicted octanol–water partition coefficient (Wildman–Crippen LogP) is 2.63. The second kappa shape index (κ2) is 7.54. The van der Waals surface area contributed by atoms with Gasteiger partial charge < -0.3 is 16.0 Å². The minimum Gasteiger partial charge on any atom is -0.349 e. The predicted molar refractivity (Wildman–Crippen MR) is 93.4 cm³/mol. The molecule has 2 aromatic rings. The van der Waals surface area contributed by atoms with Gasteiger partial charge in [-0.1, -0.05) is 6.07 Å². The van der Waals surface area contributed by atoms with Gasteiger partial charge >= 0.3 is 0 Å². The molecule has 7 nitrogen and oxygen atoms in total. The molecule has 0 aliphatic heterocycles. The average molecular weight is 327 g/mol. The number of hydrogen-bond acceptors (Lipinski definition) is 5. The summed E-state index contributed by atoms with van der Waals surface area (Å²) < 4.78 is 0. The Bertz CT molecular complexity index is 758. The molecule has 1 aromatic carbocycles. The highest BCUT2D eigenvalue weighted by Crippen LogP contribution is 2.18. The molecule has 0 saturated heterocycles. The first-order valence-corrected chi connectivity index (χ1v) is 7.64. The van der Waals surface area contributed by atoms with E-state index in [1.54, 1.807) is 31.2 Å². The van der Waals surface area contributed by atoms with Crippen molar-refractivity contribution in [3.63, 3.8) is 0 Å². The summed E-state index contributed by atoms with van der Waals surface area (Å²) in [5.41, 5.74) is 2.36. The average Bonchev–Trinajstić information content (AvgIpc) is 2.45. The fraction of sp³-hybridized carbons (Fsp3) is 0.294. The summed E-state index contributed by atoms with van der Waals surface area (Å²) in [6, 6.07) is 8.84. The van der Waals surface area contributed by atoms with Crippen molar-refractivity contribution in [2.75, 3.05) is 10.6 Å². The number of anilines is 3. The van der Waals surface area contributed by atoms with Crippen molar-refractivity contribution in [2.24, 2.45) is 0 Å². The number of aryl methyl sites for hydroxylation is 1. The number of hydrogen-bond donors (Lipinski definition) is 3. The van der Waals surface area contributed by atoms with Crippen molar-refractivity contribution in [3.8, 4) is 0 Å². The second-order valence-electron chi connectivity index (χ2n) is 5.73. The van der Waals surface area contributed by atoms with Crippen molar-refractivity contribution < 1.29 is 9.59 Å². The molecule has 0 radical (unpaired) electrons. The molecule has 0 bridgehead atoms. The van der Waals surface area contributed by atoms with Crippen LogP contribution < -0.4 is 16.0 Å². The first kappa shape index (κ1) is 17.4. The summed E-state index contributed by atoms with van der Waals surface area (Å²) >= 11 is 0. The van der Waals surface area contributed by atoms with E-state index >= 15 is 0 Å². The number of aromatic nitrogens is 2. The van der Waals surface area contributed by atoms with Crippen LogP contribution in [-0.4, -0.2) is 27.8 Å². The van der Waals surface area contributed by atoms with Gasteiger partial charge in [0.05, 0.1) is 0 Å². The van der Waals surface area contributed by atoms with E-state index < -0.39 is 0 Å². The summed E-state index contributed by atoms with van der Waals surface area (Å²) in [6.45, 7) is 7.02. The van der Waals surface area contributed by atoms with E-state index in [0.29, 0.717) is 28.7 Å². The molecule has 24 heavy (non-hydrogen) atoms. The molecule has 1 heterocycles. The van der Waals surface area contributed by atoms with Crippen molar-refractivity contribution in [1.82, 2.24) is 15.3 Å². The molecule has 0 unspecified atom stereocenters. The fourth-order valence-corrected chi connectivity index (χ4v) is 2.08. The molecule has 0 saturated carbocycles. The van der Waals surface area contributed by atoms with Gasteiger partial charge in [-0.15, -0.1) is 0 Å². The number of benzene rings is 1. The van der Waals surface area contributed by atoms with Crippen LogP contribution >= 0.6 is 0 Å². The zero-order valence-corrected chi connectivity index (χ0v) is 14.2. The molecule has 2 amide bonds. The lowest BCUT2D eigenvalue weighted by Gasteiger charge is -2.11. The van der Waals surface area contributed by atoms with Crippen LogP contribution in [0, 0.1) is 6.92 Å². The Labute approximate surface area is 140 Å². The molecule has 7 heteroatoms. The maximum Gasteiger partial charge on any atom is 0.270 e. The zero-order chi connectivity index (χ0) is 17.7. The smallest absolute Gasteiger partial charge is 0.270 e. The summed E-state index contributed by atoms with van der Waals surface area (Å²) in [7, 11) is 0. The molecule has 2 rings (SSSR count). The Balaban J connectivity index is 2.22. The Morgan fingerprint density at radius 3 is 2.46 bits per heavy atom. The molecule has 0 atom stereocenters. The second-order valence-corrected chi connectivity index (χ2v) is 5.73. The van der Waals surface area contributed by atoms with Crippen LogP contribution in [0.2, 0.25) is 0 Å². The molecule has 3 N–H and O–H groups in total. The standard InChI is InChI=1S/C17H21N5O2/c1-10(2)18-16(24)15-8-11(3)19-17(22-15)21-14-7-5-6-13(9-14)20-12(4)23/h5-10H,1-4H3,(H,18,24)(H,20,23)(H,19,21,22). The molecule has 126 valence electrons. The van der Waals surface area contributed by atoms with Gasteiger partial charge in [0.1, 0.15) is 5.69 Å². The zero-order valence-electron chi connectivity index (χ0n) is 14.2. The third kappa shape index (κ3) is 5.05. The van der Waals surface area contributed by atoms with Gasteiger partial charge in [-0.05, 0) is 45.0 Å². The van der Waals surface area contributed by atoms with Crippen molar-refractivity contribution in [1.29, 1.82) is 0 Å². The summed E-state index contributed by atoms with van der Waals surface area (Å²) in [6.07, 6.45) is 0. The minimum absolute atomic E-state index is 0.0264. The van der Waals surface area contributed by atoms with E-state index in [4.69, 9.17) is 0 Å². The van der Waals surface area contributed by atoms with Crippen molar-refractivity contribution in [3.05, 3.63) is 41.7 Å². The van der Waals surface area contributed by atoms with E-state index in [2.05, 4.69) is 25.9 Å². The Hall–Kier alpha value is -2.96. The van der Waals surface area contributed by atoms with Crippen LogP contribution in [0.25, 0.3) is 0 Å². The summed E-state index contributed by atoms with van der Waals surface area (Å²) in [5.74, 6) is -0.0685. The van der Waals surface area contributed by atoms with Gasteiger partial charge in [0.15, 0.2) is 0 Å². The van der Waals surface area contributed by atoms with Gasteiger partial charge in [-0.3, -0.25) is 9.59 Å². The summed E-state index contributed by atoms with van der Waals surface area (Å²) in [4.78, 5) is 31.8. The van der Waals surface area contributed by atoms with Crippen molar-refractivity contribution in [2.45, 2.75) is 33.7 Å². The highest BCUT2D eigenvalue weighted by atomic mass is 16.2. The Kier molecular flexibility index (Phi) is 5.47. The highest BCUT2D eigenvalue weighted by Gasteiger charge is 2.11. The number of carbonyl (C=O) groups excluding carboxylic acids is 2. The van der Waals surface area contributed by atoms with Crippen LogP contribution in [0.15, 0.2) is 30.3 Å². The topological polar surface area (TPSA) is 96.0 Å². The van der Waals surface area contributed by atoms with Crippen LogP contribution in [-0.2, 0) is 4.79 Å².